The number of carbonyl (C=O) groups is 3. The molecule has 0 spiro atoms. The molecule has 1 heterocycles. The maximum atomic E-state index is 12.9. The number of ether oxygens (including phenoxy) is 3. The lowest BCUT2D eigenvalue weighted by Gasteiger charge is -2.13. The van der Waals surface area contributed by atoms with E-state index in [1.165, 1.54) is 31.2 Å². The van der Waals surface area contributed by atoms with Crippen molar-refractivity contribution in [1.29, 1.82) is 0 Å². The van der Waals surface area contributed by atoms with Gasteiger partial charge in [-0.05, 0) is 49.4 Å². The van der Waals surface area contributed by atoms with Crippen LogP contribution in [-0.4, -0.2) is 37.0 Å². The van der Waals surface area contributed by atoms with Gasteiger partial charge in [-0.2, -0.15) is 0 Å². The highest BCUT2D eigenvalue weighted by atomic mass is 19.1. The minimum atomic E-state index is -1.06. The molecule has 0 saturated heterocycles. The van der Waals surface area contributed by atoms with E-state index in [1.807, 2.05) is 0 Å². The number of Topliss-reactive ketones (excluding diaryl/α,β-unsaturated/α-hetero) is 1. The molecule has 1 atom stereocenters. The summed E-state index contributed by atoms with van der Waals surface area (Å²) in [7, 11) is 0. The average molecular weight is 415 g/mol. The van der Waals surface area contributed by atoms with E-state index in [-0.39, 0.29) is 18.6 Å². The topological polar surface area (TPSA) is 90.9 Å². The van der Waals surface area contributed by atoms with Crippen molar-refractivity contribution < 1.29 is 33.0 Å². The first-order valence-electron chi connectivity index (χ1n) is 9.61. The number of ketones is 1. The quantitative estimate of drug-likeness (QED) is 0.550. The van der Waals surface area contributed by atoms with E-state index >= 15 is 0 Å². The molecule has 158 valence electrons. The Bertz CT molecular complexity index is 928. The second-order valence-electron chi connectivity index (χ2n) is 6.76. The van der Waals surface area contributed by atoms with Gasteiger partial charge in [-0.3, -0.25) is 14.4 Å². The van der Waals surface area contributed by atoms with Crippen LogP contribution in [-0.2, 0) is 14.3 Å². The zero-order valence-corrected chi connectivity index (χ0v) is 16.5. The van der Waals surface area contributed by atoms with Gasteiger partial charge < -0.3 is 19.5 Å². The maximum absolute atomic E-state index is 12.9. The predicted molar refractivity (Wildman–Crippen MR) is 106 cm³/mol. The second-order valence-corrected chi connectivity index (χ2v) is 6.76. The molecule has 0 fully saturated rings. The number of carbonyl (C=O) groups excluding carboxylic acids is 3. The average Bonchev–Trinajstić information content (AvgIpc) is 2.98. The summed E-state index contributed by atoms with van der Waals surface area (Å²) < 4.78 is 29.1. The number of hydrogen-bond acceptors (Lipinski definition) is 6. The number of anilines is 1. The zero-order valence-electron chi connectivity index (χ0n) is 16.5. The first kappa shape index (κ1) is 21.3. The van der Waals surface area contributed by atoms with Gasteiger partial charge >= 0.3 is 5.97 Å². The Kier molecular flexibility index (Phi) is 7.00. The molecule has 1 N–H and O–H groups in total. The van der Waals surface area contributed by atoms with Crippen LogP contribution >= 0.6 is 0 Å². The Morgan fingerprint density at radius 2 is 1.73 bits per heavy atom. The number of halogens is 1. The SMILES string of the molecule is C[C@H](OC(=O)CCC(=O)c1ccc2c(c1)OCCCO2)C(=O)Nc1ccc(F)cc1. The molecule has 1 amide bonds. The number of nitrogens with one attached hydrogen (secondary N) is 1. The van der Waals surface area contributed by atoms with Crippen molar-refractivity contribution in [1.82, 2.24) is 0 Å². The Morgan fingerprint density at radius 3 is 2.47 bits per heavy atom. The summed E-state index contributed by atoms with van der Waals surface area (Å²) in [5.41, 5.74) is 0.794. The zero-order chi connectivity index (χ0) is 21.5. The van der Waals surface area contributed by atoms with Crippen LogP contribution in [0, 0.1) is 5.82 Å². The van der Waals surface area contributed by atoms with Crippen LogP contribution in [0.25, 0.3) is 0 Å². The van der Waals surface area contributed by atoms with Crippen LogP contribution < -0.4 is 14.8 Å². The molecule has 7 nitrogen and oxygen atoms in total. The van der Waals surface area contributed by atoms with Crippen LogP contribution in [0.2, 0.25) is 0 Å². The number of fused-ring (bicyclic) bond motifs is 1. The Morgan fingerprint density at radius 1 is 1.03 bits per heavy atom. The molecule has 0 aliphatic carbocycles. The third-order valence-electron chi connectivity index (χ3n) is 4.41. The smallest absolute Gasteiger partial charge is 0.307 e. The molecular weight excluding hydrogens is 393 g/mol. The number of esters is 1. The number of amides is 1. The van der Waals surface area contributed by atoms with Crippen molar-refractivity contribution in [2.24, 2.45) is 0 Å². The van der Waals surface area contributed by atoms with Crippen molar-refractivity contribution in [3.05, 3.63) is 53.8 Å². The minimum absolute atomic E-state index is 0.0647. The Balaban J connectivity index is 1.47. The molecule has 1 aliphatic rings. The lowest BCUT2D eigenvalue weighted by Crippen LogP contribution is -2.30. The summed E-state index contributed by atoms with van der Waals surface area (Å²) in [5, 5.41) is 2.52. The van der Waals surface area contributed by atoms with E-state index in [4.69, 9.17) is 14.2 Å². The molecule has 2 aromatic carbocycles. The summed E-state index contributed by atoms with van der Waals surface area (Å²) in [4.78, 5) is 36.5. The Labute approximate surface area is 173 Å². The monoisotopic (exact) mass is 415 g/mol. The maximum Gasteiger partial charge on any atom is 0.307 e. The largest absolute Gasteiger partial charge is 0.490 e. The predicted octanol–water partition coefficient (Wildman–Crippen LogP) is 3.52. The van der Waals surface area contributed by atoms with Crippen molar-refractivity contribution in [3.8, 4) is 11.5 Å². The molecule has 3 rings (SSSR count). The van der Waals surface area contributed by atoms with Gasteiger partial charge in [0, 0.05) is 24.1 Å². The highest BCUT2D eigenvalue weighted by molar-refractivity contribution is 5.98. The molecule has 0 saturated carbocycles. The molecular formula is C22H22FNO6. The van der Waals surface area contributed by atoms with E-state index in [0.29, 0.717) is 36.0 Å². The van der Waals surface area contributed by atoms with Crippen molar-refractivity contribution in [2.75, 3.05) is 18.5 Å². The molecule has 30 heavy (non-hydrogen) atoms. The normalized spacial score (nSPS) is 13.7. The summed E-state index contributed by atoms with van der Waals surface area (Å²) in [6.07, 6.45) is -0.529. The van der Waals surface area contributed by atoms with Crippen LogP contribution in [0.3, 0.4) is 0 Å². The fourth-order valence-electron chi connectivity index (χ4n) is 2.78. The lowest BCUT2D eigenvalue weighted by atomic mass is 10.1. The molecule has 0 radical (unpaired) electrons. The van der Waals surface area contributed by atoms with Crippen molar-refractivity contribution in [2.45, 2.75) is 32.3 Å². The highest BCUT2D eigenvalue weighted by Crippen LogP contribution is 2.30. The van der Waals surface area contributed by atoms with E-state index in [0.717, 1.165) is 6.42 Å². The number of hydrogen-bond donors (Lipinski definition) is 1. The van der Waals surface area contributed by atoms with Gasteiger partial charge in [0.25, 0.3) is 5.91 Å². The standard InChI is InChI=1S/C22H22FNO6/c1-14(22(27)24-17-6-4-16(23)5-7-17)30-21(26)10-8-18(25)15-3-9-19-20(13-15)29-12-2-11-28-19/h3-7,9,13-14H,2,8,10-12H2,1H3,(H,24,27)/t14-/m0/s1. The molecule has 0 bridgehead atoms. The van der Waals surface area contributed by atoms with Gasteiger partial charge in [-0.1, -0.05) is 0 Å². The Hall–Kier alpha value is -3.42. The first-order valence-corrected chi connectivity index (χ1v) is 9.61. The van der Waals surface area contributed by atoms with Crippen molar-refractivity contribution >= 4 is 23.3 Å². The third kappa shape index (κ3) is 5.79. The molecule has 0 aromatic heterocycles. The fraction of sp³-hybridized carbons (Fsp3) is 0.318. The second kappa shape index (κ2) is 9.87. The lowest BCUT2D eigenvalue weighted by molar-refractivity contribution is -0.153. The van der Waals surface area contributed by atoms with Gasteiger partial charge in [0.15, 0.2) is 23.4 Å². The van der Waals surface area contributed by atoms with E-state index < -0.39 is 23.8 Å². The first-order chi connectivity index (χ1) is 14.4. The summed E-state index contributed by atoms with van der Waals surface area (Å²) in [5.74, 6) is -0.795. The molecule has 2 aromatic rings. The van der Waals surface area contributed by atoms with Gasteiger partial charge in [0.1, 0.15) is 5.82 Å². The molecule has 1 aliphatic heterocycles. The summed E-state index contributed by atoms with van der Waals surface area (Å²) >= 11 is 0. The van der Waals surface area contributed by atoms with E-state index in [2.05, 4.69) is 5.32 Å². The van der Waals surface area contributed by atoms with Crippen LogP contribution in [0.4, 0.5) is 10.1 Å². The van der Waals surface area contributed by atoms with Crippen molar-refractivity contribution in [3.63, 3.8) is 0 Å². The number of benzene rings is 2. The van der Waals surface area contributed by atoms with E-state index in [9.17, 15) is 18.8 Å². The fourth-order valence-corrected chi connectivity index (χ4v) is 2.78. The summed E-state index contributed by atoms with van der Waals surface area (Å²) in [6.45, 7) is 2.48. The van der Waals surface area contributed by atoms with Gasteiger partial charge in [-0.25, -0.2) is 4.39 Å². The van der Waals surface area contributed by atoms with Gasteiger partial charge in [0.05, 0.1) is 19.6 Å². The van der Waals surface area contributed by atoms with Crippen LogP contribution in [0.1, 0.15) is 36.5 Å². The van der Waals surface area contributed by atoms with Gasteiger partial charge in [0.2, 0.25) is 0 Å². The highest BCUT2D eigenvalue weighted by Gasteiger charge is 2.20. The van der Waals surface area contributed by atoms with E-state index in [1.54, 1.807) is 18.2 Å². The molecule has 8 heteroatoms. The van der Waals surface area contributed by atoms with Crippen LogP contribution in [0.15, 0.2) is 42.5 Å². The van der Waals surface area contributed by atoms with Gasteiger partial charge in [-0.15, -0.1) is 0 Å². The minimum Gasteiger partial charge on any atom is -0.490 e. The molecule has 0 unspecified atom stereocenters. The number of rotatable bonds is 7. The van der Waals surface area contributed by atoms with Crippen LogP contribution in [0.5, 0.6) is 11.5 Å². The summed E-state index contributed by atoms with van der Waals surface area (Å²) in [6, 6.07) is 10.1. The third-order valence-corrected chi connectivity index (χ3v) is 4.41.